The van der Waals surface area contributed by atoms with Gasteiger partial charge in [-0.2, -0.15) is 0 Å². The lowest BCUT2D eigenvalue weighted by Gasteiger charge is -2.75. The number of nitrogens with one attached hydrogen (secondary N) is 1. The molecule has 2 saturated heterocycles. The second-order valence-electron chi connectivity index (χ2n) is 19.2. The van der Waals surface area contributed by atoms with Gasteiger partial charge in [0.05, 0.1) is 37.5 Å². The Hall–Kier alpha value is -3.48. The number of H-pyrrole nitrogens is 1. The van der Waals surface area contributed by atoms with Crippen LogP contribution < -0.4 is 10.6 Å². The van der Waals surface area contributed by atoms with Crippen LogP contribution in [0, 0.1) is 46.8 Å². The van der Waals surface area contributed by atoms with E-state index in [-0.39, 0.29) is 49.7 Å². The molecule has 4 aliphatic carbocycles. The molecule has 5 heterocycles. The molecule has 12 unspecified atom stereocenters. The zero-order chi connectivity index (χ0) is 42.4. The van der Waals surface area contributed by atoms with Crippen LogP contribution in [0.25, 0.3) is 11.3 Å². The maximum atomic E-state index is 13.5. The smallest absolute Gasteiger partial charge is 0.333 e. The molecule has 1 aromatic heterocycles. The van der Waals surface area contributed by atoms with Gasteiger partial charge in [-0.05, 0) is 74.3 Å². The van der Waals surface area contributed by atoms with E-state index >= 15 is 0 Å². The summed E-state index contributed by atoms with van der Waals surface area (Å²) in [6.45, 7) is 5.38. The molecule has 1 aromatic rings. The number of carbonyl (C=O) groups excluding carboxylic acids is 1. The predicted molar refractivity (Wildman–Crippen MR) is 216 cm³/mol. The van der Waals surface area contributed by atoms with Crippen molar-refractivity contribution in [3.63, 3.8) is 0 Å². The molecular weight excluding hydrogens is 771 g/mol. The molecule has 5 fully saturated rings. The first-order chi connectivity index (χ1) is 28.8. The lowest BCUT2D eigenvalue weighted by Crippen LogP contribution is -2.93. The summed E-state index contributed by atoms with van der Waals surface area (Å²) < 4.78 is 26.8. The van der Waals surface area contributed by atoms with E-state index < -0.39 is 89.0 Å². The third kappa shape index (κ3) is 5.56. The molecule has 5 bridgehead atoms. The molecule has 12 atom stereocenters. The second kappa shape index (κ2) is 15.1. The number of carboxylic acids is 1. The number of carbonyl (C=O) groups is 2. The molecule has 7 N–H and O–H groups in total. The van der Waals surface area contributed by atoms with Crippen LogP contribution in [0.3, 0.4) is 0 Å². The van der Waals surface area contributed by atoms with Crippen molar-refractivity contribution < 1.29 is 59.2 Å². The van der Waals surface area contributed by atoms with Crippen molar-refractivity contribution >= 4 is 23.3 Å². The highest BCUT2D eigenvalue weighted by molar-refractivity contribution is 5.90. The Morgan fingerprint density at radius 2 is 1.85 bits per heavy atom. The zero-order valence-electron chi connectivity index (χ0n) is 34.8. The second-order valence-corrected chi connectivity index (χ2v) is 19.2. The van der Waals surface area contributed by atoms with E-state index in [9.17, 15) is 40.2 Å². The van der Waals surface area contributed by atoms with Gasteiger partial charge in [0.2, 0.25) is 5.79 Å². The van der Waals surface area contributed by atoms with Crippen LogP contribution in [0.4, 0.5) is 0 Å². The minimum Gasteiger partial charge on any atom is -0.481 e. The van der Waals surface area contributed by atoms with Crippen LogP contribution in [-0.4, -0.2) is 109 Å². The molecule has 3 saturated carbocycles. The van der Waals surface area contributed by atoms with Crippen LogP contribution in [0.5, 0.6) is 0 Å². The highest BCUT2D eigenvalue weighted by atomic mass is 16.8. The van der Waals surface area contributed by atoms with Gasteiger partial charge in [0.25, 0.3) is 0 Å². The van der Waals surface area contributed by atoms with Gasteiger partial charge in [0, 0.05) is 53.2 Å². The molecule has 0 aromatic carbocycles. The van der Waals surface area contributed by atoms with Crippen molar-refractivity contribution in [3.05, 3.63) is 46.6 Å². The molecule has 326 valence electrons. The molecule has 0 amide bonds. The number of hydrogen-bond acceptors (Lipinski definition) is 11. The largest absolute Gasteiger partial charge is 0.481 e. The van der Waals surface area contributed by atoms with Crippen molar-refractivity contribution in [2.75, 3.05) is 20.3 Å². The monoisotopic (exact) mass is 831 g/mol. The maximum Gasteiger partial charge on any atom is 0.333 e. The third-order valence-electron chi connectivity index (χ3n) is 16.5. The summed E-state index contributed by atoms with van der Waals surface area (Å²) >= 11 is 0. The zero-order valence-corrected chi connectivity index (χ0v) is 34.8. The van der Waals surface area contributed by atoms with Crippen LogP contribution in [0.15, 0.2) is 30.4 Å². The van der Waals surface area contributed by atoms with Crippen LogP contribution in [0.1, 0.15) is 115 Å². The summed E-state index contributed by atoms with van der Waals surface area (Å²) in [5.41, 5.74) is -5.41. The number of aliphatic hydroxyl groups is 5. The van der Waals surface area contributed by atoms with Gasteiger partial charge in [0.15, 0.2) is 16.8 Å². The van der Waals surface area contributed by atoms with Crippen molar-refractivity contribution in [3.8, 4) is 11.8 Å². The fraction of sp³-hybridized carbons (Fsp3) is 0.702. The first kappa shape index (κ1) is 41.9. The normalized spacial score (nSPS) is 40.7. The van der Waals surface area contributed by atoms with E-state index in [1.54, 1.807) is 6.08 Å². The number of aromatic nitrogens is 1. The Bertz CT molecular complexity index is 2140. The Morgan fingerprint density at radius 3 is 2.52 bits per heavy atom. The fourth-order valence-electron chi connectivity index (χ4n) is 13.5. The first-order valence-electron chi connectivity index (χ1n) is 22.3. The van der Waals surface area contributed by atoms with E-state index in [1.165, 1.54) is 32.4 Å². The molecule has 4 aliphatic heterocycles. The van der Waals surface area contributed by atoms with Gasteiger partial charge in [-0.3, -0.25) is 4.79 Å². The molecule has 13 nitrogen and oxygen atoms in total. The SMILES string of the molecule is C=CC1C(OC23OC4(CO)C(C#CCC(CO)CC5=c6[nH]c(C(C)C7CCCCC7)cc6=C6CCC2(O)C(O)C64O5)C2(CCCC2)C3O)CC=C(C(=O)OC)C1CC(=O)O. The highest BCUT2D eigenvalue weighted by Crippen LogP contribution is 2.72. The molecule has 13 heteroatoms. The average molecular weight is 832 g/mol. The Kier molecular flexibility index (Phi) is 10.5. The number of aliphatic hydroxyl groups excluding tert-OH is 4. The maximum absolute atomic E-state index is 13.5. The number of ether oxygens (including phenoxy) is 4. The number of hydrogen-bond donors (Lipinski definition) is 7. The molecular formula is C47H61NO12. The summed E-state index contributed by atoms with van der Waals surface area (Å²) in [4.78, 5) is 29.0. The van der Waals surface area contributed by atoms with E-state index in [0.717, 1.165) is 29.1 Å². The number of fused-ring (bicyclic) bond motifs is 6. The van der Waals surface area contributed by atoms with Crippen molar-refractivity contribution in [1.82, 2.24) is 4.98 Å². The summed E-state index contributed by atoms with van der Waals surface area (Å²) in [6, 6.07) is 2.16. The van der Waals surface area contributed by atoms with Gasteiger partial charge in [-0.15, -0.1) is 12.5 Å². The molecule has 2 spiro atoms. The number of aliphatic carboxylic acids is 1. The van der Waals surface area contributed by atoms with Crippen LogP contribution >= 0.6 is 0 Å². The molecule has 0 radical (unpaired) electrons. The number of methoxy groups -OCH3 is 1. The summed E-state index contributed by atoms with van der Waals surface area (Å²) in [7, 11) is 1.23. The number of esters is 1. The van der Waals surface area contributed by atoms with Crippen LogP contribution in [0.2, 0.25) is 0 Å². The van der Waals surface area contributed by atoms with Gasteiger partial charge in [0.1, 0.15) is 18.0 Å². The lowest BCUT2D eigenvalue weighted by molar-refractivity contribution is -0.509. The standard InChI is InChI=1S/C47H61NO12/c1-4-29-31(23-38(51)52)30(40(53)57-3)15-16-35(29)59-47-41(54)43(18-8-9-19-43)37-14-10-11-27(24-49)21-36-39-32(22-34(48-39)26(2)28-12-6-5-7-13-28)33-17-20-44(47,56)42(55)46(33,58-36)45(37,25-50)60-47/h4,15,22,26-29,31,35,37,41-42,48-50,54-56H,1,5-9,11-13,16-21,23-25H2,2-3H3,(H,51,52). The first-order valence-corrected chi connectivity index (χ1v) is 22.3. The van der Waals surface area contributed by atoms with Gasteiger partial charge < -0.3 is 54.6 Å². The highest BCUT2D eigenvalue weighted by Gasteiger charge is 2.88. The van der Waals surface area contributed by atoms with Gasteiger partial charge in [-0.1, -0.05) is 57.1 Å². The number of aromatic amines is 1. The van der Waals surface area contributed by atoms with E-state index in [4.69, 9.17) is 18.9 Å². The lowest BCUT2D eigenvalue weighted by atomic mass is 9.44. The van der Waals surface area contributed by atoms with E-state index in [1.807, 2.05) is 0 Å². The van der Waals surface area contributed by atoms with Crippen molar-refractivity contribution in [2.45, 2.75) is 150 Å². The summed E-state index contributed by atoms with van der Waals surface area (Å²) in [5, 5.41) is 74.6. The molecule has 60 heavy (non-hydrogen) atoms. The van der Waals surface area contributed by atoms with E-state index in [2.05, 4.69) is 36.4 Å². The predicted octanol–water partition coefficient (Wildman–Crippen LogP) is 2.81. The summed E-state index contributed by atoms with van der Waals surface area (Å²) in [5.74, 6) is 0.740. The topological polar surface area (TPSA) is 208 Å². The average Bonchev–Trinajstić information content (AvgIpc) is 3.93. The van der Waals surface area contributed by atoms with Crippen LogP contribution in [-0.2, 0) is 28.5 Å². The molecule has 9 rings (SSSR count). The Balaban J connectivity index is 1.28. The number of carboxylic acid groups (broad SMARTS) is 1. The molecule has 8 aliphatic rings. The Labute approximate surface area is 350 Å². The van der Waals surface area contributed by atoms with Crippen molar-refractivity contribution in [2.24, 2.45) is 35.0 Å². The third-order valence-corrected chi connectivity index (χ3v) is 16.5. The minimum absolute atomic E-state index is 0.0394. The minimum atomic E-state index is -2.38. The quantitative estimate of drug-likeness (QED) is 0.103. The Morgan fingerprint density at radius 1 is 1.10 bits per heavy atom. The summed E-state index contributed by atoms with van der Waals surface area (Å²) in [6.07, 6.45) is 7.09. The van der Waals surface area contributed by atoms with Crippen molar-refractivity contribution in [1.29, 1.82) is 0 Å². The van der Waals surface area contributed by atoms with E-state index in [0.29, 0.717) is 49.4 Å². The van der Waals surface area contributed by atoms with Gasteiger partial charge >= 0.3 is 11.9 Å². The fourth-order valence-corrected chi connectivity index (χ4v) is 13.5. The number of rotatable bonds is 10. The van der Waals surface area contributed by atoms with Gasteiger partial charge in [-0.25, -0.2) is 4.79 Å².